The molecule has 0 amide bonds. The summed E-state index contributed by atoms with van der Waals surface area (Å²) in [4.78, 5) is 8.15. The number of benzene rings is 1. The first kappa shape index (κ1) is 14.1. The van der Waals surface area contributed by atoms with Crippen LogP contribution in [0.3, 0.4) is 0 Å². The van der Waals surface area contributed by atoms with Gasteiger partial charge in [0.25, 0.3) is 0 Å². The van der Waals surface area contributed by atoms with E-state index in [-0.39, 0.29) is 11.4 Å². The van der Waals surface area contributed by atoms with Gasteiger partial charge in [-0.3, -0.25) is 0 Å². The van der Waals surface area contributed by atoms with Gasteiger partial charge in [0.1, 0.15) is 4.90 Å². The maximum absolute atomic E-state index is 12.4. The van der Waals surface area contributed by atoms with E-state index in [2.05, 4.69) is 14.7 Å². The zero-order valence-corrected chi connectivity index (χ0v) is 12.9. The summed E-state index contributed by atoms with van der Waals surface area (Å²) < 4.78 is 27.5. The van der Waals surface area contributed by atoms with Crippen LogP contribution >= 0.6 is 11.3 Å². The van der Waals surface area contributed by atoms with Crippen LogP contribution in [-0.4, -0.2) is 18.4 Å². The summed E-state index contributed by atoms with van der Waals surface area (Å²) in [6.45, 7) is 2.08. The molecule has 0 aliphatic rings. The Morgan fingerprint density at radius 3 is 2.95 bits per heavy atom. The number of thiazole rings is 1. The molecule has 0 saturated carbocycles. The maximum Gasteiger partial charge on any atom is 0.243 e. The molecule has 0 fully saturated rings. The number of aromatic nitrogens is 2. The third-order valence-electron chi connectivity index (χ3n) is 3.22. The Balaban J connectivity index is 1.93. The highest BCUT2D eigenvalue weighted by atomic mass is 32.2. The van der Waals surface area contributed by atoms with Gasteiger partial charge < -0.3 is 10.7 Å². The number of aryl methyl sites for hydroxylation is 1. The van der Waals surface area contributed by atoms with Crippen LogP contribution in [0.2, 0.25) is 0 Å². The van der Waals surface area contributed by atoms with Crippen LogP contribution in [0.4, 0.5) is 5.69 Å². The highest BCUT2D eigenvalue weighted by molar-refractivity contribution is 7.89. The van der Waals surface area contributed by atoms with Crippen molar-refractivity contribution in [3.8, 4) is 0 Å². The summed E-state index contributed by atoms with van der Waals surface area (Å²) in [5.74, 6) is 0. The zero-order chi connectivity index (χ0) is 15.0. The lowest BCUT2D eigenvalue weighted by molar-refractivity contribution is 0.582. The van der Waals surface area contributed by atoms with Crippen LogP contribution in [0.25, 0.3) is 10.9 Å². The van der Waals surface area contributed by atoms with Crippen molar-refractivity contribution in [2.24, 2.45) is 0 Å². The number of sulfonamides is 1. The number of nitrogens with one attached hydrogen (secondary N) is 2. The van der Waals surface area contributed by atoms with Crippen LogP contribution in [0.5, 0.6) is 0 Å². The number of nitrogens with two attached hydrogens (primary N) is 1. The van der Waals surface area contributed by atoms with E-state index in [1.54, 1.807) is 23.7 Å². The topological polar surface area (TPSA) is 101 Å². The standard InChI is InChI=1S/C13H14N4O2S2/c1-8-12(20-7-16-8)5-17-21(18,19)13-6-15-11-3-2-9(14)4-10(11)13/h2-4,6-7,15,17H,5,14H2,1H3. The molecule has 2 aromatic heterocycles. The van der Waals surface area contributed by atoms with E-state index in [4.69, 9.17) is 5.73 Å². The Kier molecular flexibility index (Phi) is 3.44. The number of anilines is 1. The van der Waals surface area contributed by atoms with Crippen molar-refractivity contribution in [1.82, 2.24) is 14.7 Å². The molecule has 21 heavy (non-hydrogen) atoms. The fourth-order valence-electron chi connectivity index (χ4n) is 2.07. The van der Waals surface area contributed by atoms with Crippen molar-refractivity contribution in [3.05, 3.63) is 40.5 Å². The van der Waals surface area contributed by atoms with Crippen molar-refractivity contribution in [3.63, 3.8) is 0 Å². The molecule has 0 aliphatic carbocycles. The molecule has 0 saturated heterocycles. The number of fused-ring (bicyclic) bond motifs is 1. The van der Waals surface area contributed by atoms with E-state index in [0.717, 1.165) is 16.1 Å². The van der Waals surface area contributed by atoms with Crippen molar-refractivity contribution in [1.29, 1.82) is 0 Å². The normalized spacial score (nSPS) is 12.0. The first-order valence-electron chi connectivity index (χ1n) is 6.22. The average molecular weight is 322 g/mol. The Bertz CT molecular complexity index is 896. The van der Waals surface area contributed by atoms with E-state index in [1.165, 1.54) is 17.5 Å². The third kappa shape index (κ3) is 2.65. The second kappa shape index (κ2) is 5.14. The van der Waals surface area contributed by atoms with Gasteiger partial charge in [-0.15, -0.1) is 11.3 Å². The molecule has 6 nitrogen and oxygen atoms in total. The molecular weight excluding hydrogens is 308 g/mol. The fourth-order valence-corrected chi connectivity index (χ4v) is 4.04. The number of nitrogens with zero attached hydrogens (tertiary/aromatic N) is 1. The minimum Gasteiger partial charge on any atom is -0.399 e. The molecule has 1 aromatic carbocycles. The van der Waals surface area contributed by atoms with Gasteiger partial charge in [-0.25, -0.2) is 18.1 Å². The van der Waals surface area contributed by atoms with E-state index in [1.807, 2.05) is 6.92 Å². The molecule has 110 valence electrons. The van der Waals surface area contributed by atoms with Crippen molar-refractivity contribution >= 4 is 38.0 Å². The van der Waals surface area contributed by atoms with Gasteiger partial charge in [0, 0.05) is 34.2 Å². The summed E-state index contributed by atoms with van der Waals surface area (Å²) in [6.07, 6.45) is 1.48. The molecule has 0 unspecified atom stereocenters. The summed E-state index contributed by atoms with van der Waals surface area (Å²) in [5, 5.41) is 0.587. The Labute approximate surface area is 126 Å². The molecular formula is C13H14N4O2S2. The van der Waals surface area contributed by atoms with Gasteiger partial charge in [0.05, 0.1) is 11.2 Å². The Hall–Kier alpha value is -1.90. The SMILES string of the molecule is Cc1ncsc1CNS(=O)(=O)c1c[nH]c2ccc(N)cc12. The van der Waals surface area contributed by atoms with Gasteiger partial charge in [-0.2, -0.15) is 0 Å². The number of nitrogen functional groups attached to an aromatic ring is 1. The molecule has 4 N–H and O–H groups in total. The smallest absolute Gasteiger partial charge is 0.243 e. The zero-order valence-electron chi connectivity index (χ0n) is 11.3. The second-order valence-electron chi connectivity index (χ2n) is 4.64. The summed E-state index contributed by atoms with van der Waals surface area (Å²) >= 11 is 1.43. The van der Waals surface area contributed by atoms with Gasteiger partial charge >= 0.3 is 0 Å². The second-order valence-corrected chi connectivity index (χ2v) is 7.32. The molecule has 0 aliphatic heterocycles. The van der Waals surface area contributed by atoms with Gasteiger partial charge in [0.15, 0.2) is 0 Å². The largest absolute Gasteiger partial charge is 0.399 e. The summed E-state index contributed by atoms with van der Waals surface area (Å²) in [5.41, 5.74) is 9.53. The quantitative estimate of drug-likeness (QED) is 0.639. The number of H-pyrrole nitrogens is 1. The fraction of sp³-hybridized carbons (Fsp3) is 0.154. The first-order chi connectivity index (χ1) is 9.97. The highest BCUT2D eigenvalue weighted by Gasteiger charge is 2.19. The number of rotatable bonds is 4. The van der Waals surface area contributed by atoms with Gasteiger partial charge in [-0.1, -0.05) is 0 Å². The van der Waals surface area contributed by atoms with Crippen LogP contribution in [0, 0.1) is 6.92 Å². The molecule has 2 heterocycles. The van der Waals surface area contributed by atoms with E-state index < -0.39 is 10.0 Å². The van der Waals surface area contributed by atoms with Gasteiger partial charge in [-0.05, 0) is 25.1 Å². The summed E-state index contributed by atoms with van der Waals surface area (Å²) in [7, 11) is -3.61. The average Bonchev–Trinajstić information content (AvgIpc) is 3.02. The predicted octanol–water partition coefficient (Wildman–Crippen LogP) is 1.99. The molecule has 3 rings (SSSR count). The van der Waals surface area contributed by atoms with E-state index >= 15 is 0 Å². The highest BCUT2D eigenvalue weighted by Crippen LogP contribution is 2.25. The minimum absolute atomic E-state index is 0.201. The lowest BCUT2D eigenvalue weighted by Crippen LogP contribution is -2.22. The lowest BCUT2D eigenvalue weighted by Gasteiger charge is -2.05. The molecule has 8 heteroatoms. The molecule has 0 bridgehead atoms. The molecule has 3 aromatic rings. The van der Waals surface area contributed by atoms with Gasteiger partial charge in [0.2, 0.25) is 10.0 Å². The first-order valence-corrected chi connectivity index (χ1v) is 8.59. The number of aromatic amines is 1. The molecule has 0 radical (unpaired) electrons. The summed E-state index contributed by atoms with van der Waals surface area (Å²) in [6, 6.07) is 5.14. The lowest BCUT2D eigenvalue weighted by atomic mass is 10.2. The van der Waals surface area contributed by atoms with Crippen LogP contribution in [0.1, 0.15) is 10.6 Å². The van der Waals surface area contributed by atoms with Crippen molar-refractivity contribution in [2.45, 2.75) is 18.4 Å². The van der Waals surface area contributed by atoms with E-state index in [0.29, 0.717) is 11.1 Å². The van der Waals surface area contributed by atoms with Crippen molar-refractivity contribution in [2.75, 3.05) is 5.73 Å². The third-order valence-corrected chi connectivity index (χ3v) is 5.60. The van der Waals surface area contributed by atoms with Crippen LogP contribution < -0.4 is 10.5 Å². The Morgan fingerprint density at radius 1 is 1.43 bits per heavy atom. The maximum atomic E-state index is 12.4. The molecule has 0 atom stereocenters. The monoisotopic (exact) mass is 322 g/mol. The number of hydrogen-bond acceptors (Lipinski definition) is 5. The predicted molar refractivity (Wildman–Crippen MR) is 83.6 cm³/mol. The number of hydrogen-bond donors (Lipinski definition) is 3. The Morgan fingerprint density at radius 2 is 2.24 bits per heavy atom. The van der Waals surface area contributed by atoms with E-state index in [9.17, 15) is 8.42 Å². The van der Waals surface area contributed by atoms with Crippen LogP contribution in [-0.2, 0) is 16.6 Å². The van der Waals surface area contributed by atoms with Crippen molar-refractivity contribution < 1.29 is 8.42 Å². The minimum atomic E-state index is -3.61. The molecule has 0 spiro atoms. The van der Waals surface area contributed by atoms with Crippen LogP contribution in [0.15, 0.2) is 34.8 Å².